The number of benzene rings is 2. The molecule has 146 valence electrons. The third-order valence-corrected chi connectivity index (χ3v) is 5.01. The molecule has 1 aliphatic carbocycles. The number of anilines is 2. The highest BCUT2D eigenvalue weighted by atomic mass is 16.4. The van der Waals surface area contributed by atoms with E-state index in [1.165, 1.54) is 0 Å². The van der Waals surface area contributed by atoms with E-state index < -0.39 is 11.9 Å². The first-order chi connectivity index (χ1) is 13.3. The third-order valence-electron chi connectivity index (χ3n) is 5.01. The van der Waals surface area contributed by atoms with Gasteiger partial charge in [0, 0.05) is 22.9 Å². The van der Waals surface area contributed by atoms with Crippen molar-refractivity contribution < 1.29 is 19.5 Å². The lowest BCUT2D eigenvalue weighted by Gasteiger charge is -2.10. The standard InChI is InChI=1S/C22H24N2O4/c1-13-11-19(13)21(26)24-18-5-3-4-16(12-18)20(25)23-17-8-6-15(7-9-17)10-14(2)22(27)28/h3-9,12-14,19H,10-11H2,1-2H3,(H,23,25)(H,24,26)(H,27,28). The molecule has 0 bridgehead atoms. The van der Waals surface area contributed by atoms with Crippen LogP contribution in [0.4, 0.5) is 11.4 Å². The van der Waals surface area contributed by atoms with Crippen LogP contribution in [-0.4, -0.2) is 22.9 Å². The molecule has 2 amide bonds. The Bertz CT molecular complexity index is 892. The molecule has 2 aromatic carbocycles. The summed E-state index contributed by atoms with van der Waals surface area (Å²) < 4.78 is 0. The van der Waals surface area contributed by atoms with E-state index in [9.17, 15) is 14.4 Å². The molecular formula is C22H24N2O4. The van der Waals surface area contributed by atoms with Gasteiger partial charge in [-0.05, 0) is 54.7 Å². The number of nitrogens with one attached hydrogen (secondary N) is 2. The fourth-order valence-electron chi connectivity index (χ4n) is 3.03. The fourth-order valence-corrected chi connectivity index (χ4v) is 3.03. The quantitative estimate of drug-likeness (QED) is 0.681. The average molecular weight is 380 g/mol. The maximum Gasteiger partial charge on any atom is 0.306 e. The zero-order valence-corrected chi connectivity index (χ0v) is 15.9. The summed E-state index contributed by atoms with van der Waals surface area (Å²) in [6.45, 7) is 3.70. The van der Waals surface area contributed by atoms with Gasteiger partial charge in [0.25, 0.3) is 5.91 Å². The SMILES string of the molecule is CC(Cc1ccc(NC(=O)c2cccc(NC(=O)C3CC3C)c2)cc1)C(=O)O. The molecule has 1 saturated carbocycles. The fraction of sp³-hybridized carbons (Fsp3) is 0.318. The predicted octanol–water partition coefficient (Wildman–Crippen LogP) is 3.80. The molecule has 3 unspecified atom stereocenters. The van der Waals surface area contributed by atoms with Crippen molar-refractivity contribution in [2.45, 2.75) is 26.7 Å². The molecule has 0 saturated heterocycles. The van der Waals surface area contributed by atoms with Crippen LogP contribution in [0, 0.1) is 17.8 Å². The van der Waals surface area contributed by atoms with Gasteiger partial charge in [0.05, 0.1) is 5.92 Å². The number of rotatable bonds is 7. The van der Waals surface area contributed by atoms with Crippen LogP contribution in [0.5, 0.6) is 0 Å². The Morgan fingerprint density at radius 3 is 2.36 bits per heavy atom. The number of carboxylic acid groups (broad SMARTS) is 1. The zero-order valence-electron chi connectivity index (χ0n) is 15.9. The minimum absolute atomic E-state index is 0.00349. The second kappa shape index (κ2) is 8.25. The summed E-state index contributed by atoms with van der Waals surface area (Å²) in [5.74, 6) is -1.08. The van der Waals surface area contributed by atoms with Crippen LogP contribution >= 0.6 is 0 Å². The number of carbonyl (C=O) groups is 3. The van der Waals surface area contributed by atoms with Crippen LogP contribution in [-0.2, 0) is 16.0 Å². The van der Waals surface area contributed by atoms with Crippen LogP contribution in [0.2, 0.25) is 0 Å². The molecular weight excluding hydrogens is 356 g/mol. The van der Waals surface area contributed by atoms with Gasteiger partial charge in [0.1, 0.15) is 0 Å². The van der Waals surface area contributed by atoms with Crippen molar-refractivity contribution in [2.24, 2.45) is 17.8 Å². The number of hydrogen-bond acceptors (Lipinski definition) is 3. The van der Waals surface area contributed by atoms with Gasteiger partial charge in [-0.3, -0.25) is 14.4 Å². The summed E-state index contributed by atoms with van der Waals surface area (Å²) in [6, 6.07) is 14.0. The van der Waals surface area contributed by atoms with Gasteiger partial charge >= 0.3 is 5.97 Å². The Hall–Kier alpha value is -3.15. The summed E-state index contributed by atoms with van der Waals surface area (Å²) in [7, 11) is 0. The first-order valence-electron chi connectivity index (χ1n) is 9.37. The van der Waals surface area contributed by atoms with Crippen LogP contribution < -0.4 is 10.6 Å². The van der Waals surface area contributed by atoms with Gasteiger partial charge in [-0.1, -0.05) is 32.0 Å². The zero-order chi connectivity index (χ0) is 20.3. The first kappa shape index (κ1) is 19.6. The van der Waals surface area contributed by atoms with Crippen molar-refractivity contribution in [2.75, 3.05) is 10.6 Å². The number of hydrogen-bond donors (Lipinski definition) is 3. The highest BCUT2D eigenvalue weighted by Gasteiger charge is 2.39. The summed E-state index contributed by atoms with van der Waals surface area (Å²) in [6.07, 6.45) is 1.35. The maximum absolute atomic E-state index is 12.5. The number of aliphatic carboxylic acids is 1. The molecule has 1 aliphatic rings. The molecule has 2 aromatic rings. The van der Waals surface area contributed by atoms with E-state index in [1.807, 2.05) is 19.1 Å². The molecule has 1 fully saturated rings. The van der Waals surface area contributed by atoms with Crippen LogP contribution in [0.15, 0.2) is 48.5 Å². The van der Waals surface area contributed by atoms with E-state index in [0.717, 1.165) is 12.0 Å². The van der Waals surface area contributed by atoms with Gasteiger partial charge in [0.15, 0.2) is 0 Å². The molecule has 0 radical (unpaired) electrons. The number of carbonyl (C=O) groups excluding carboxylic acids is 2. The van der Waals surface area contributed by atoms with E-state index in [0.29, 0.717) is 29.3 Å². The predicted molar refractivity (Wildman–Crippen MR) is 107 cm³/mol. The van der Waals surface area contributed by atoms with E-state index >= 15 is 0 Å². The lowest BCUT2D eigenvalue weighted by atomic mass is 10.0. The highest BCUT2D eigenvalue weighted by molar-refractivity contribution is 6.05. The largest absolute Gasteiger partial charge is 0.481 e. The second-order valence-electron chi connectivity index (χ2n) is 7.48. The van der Waals surface area contributed by atoms with Gasteiger partial charge in [0.2, 0.25) is 5.91 Å². The van der Waals surface area contributed by atoms with E-state index in [2.05, 4.69) is 10.6 Å². The van der Waals surface area contributed by atoms with Gasteiger partial charge < -0.3 is 15.7 Å². The molecule has 0 heterocycles. The Morgan fingerprint density at radius 1 is 1.07 bits per heavy atom. The molecule has 3 rings (SSSR count). The first-order valence-corrected chi connectivity index (χ1v) is 9.37. The lowest BCUT2D eigenvalue weighted by molar-refractivity contribution is -0.141. The van der Waals surface area contributed by atoms with E-state index in [-0.39, 0.29) is 17.7 Å². The molecule has 28 heavy (non-hydrogen) atoms. The molecule has 3 N–H and O–H groups in total. The van der Waals surface area contributed by atoms with Crippen LogP contribution in [0.3, 0.4) is 0 Å². The van der Waals surface area contributed by atoms with Gasteiger partial charge in [-0.25, -0.2) is 0 Å². The lowest BCUT2D eigenvalue weighted by Crippen LogP contribution is -2.16. The van der Waals surface area contributed by atoms with Crippen molar-refractivity contribution in [1.82, 2.24) is 0 Å². The molecule has 0 aliphatic heterocycles. The van der Waals surface area contributed by atoms with Crippen molar-refractivity contribution in [1.29, 1.82) is 0 Å². The van der Waals surface area contributed by atoms with Crippen molar-refractivity contribution in [3.05, 3.63) is 59.7 Å². The second-order valence-corrected chi connectivity index (χ2v) is 7.48. The van der Waals surface area contributed by atoms with Crippen LogP contribution in [0.25, 0.3) is 0 Å². The van der Waals surface area contributed by atoms with Crippen molar-refractivity contribution in [3.63, 3.8) is 0 Å². The summed E-state index contributed by atoms with van der Waals surface area (Å²) in [4.78, 5) is 35.5. The monoisotopic (exact) mass is 380 g/mol. The average Bonchev–Trinajstić information content (AvgIpc) is 3.40. The number of amides is 2. The Balaban J connectivity index is 1.60. The number of carboxylic acids is 1. The van der Waals surface area contributed by atoms with Crippen molar-refractivity contribution in [3.8, 4) is 0 Å². The molecule has 0 aromatic heterocycles. The van der Waals surface area contributed by atoms with Crippen molar-refractivity contribution >= 4 is 29.2 Å². The Kier molecular flexibility index (Phi) is 5.78. The molecule has 0 spiro atoms. The van der Waals surface area contributed by atoms with Crippen LogP contribution in [0.1, 0.15) is 36.2 Å². The molecule has 6 nitrogen and oxygen atoms in total. The van der Waals surface area contributed by atoms with E-state index in [4.69, 9.17) is 5.11 Å². The summed E-state index contributed by atoms with van der Waals surface area (Å²) in [5, 5.41) is 14.7. The van der Waals surface area contributed by atoms with Gasteiger partial charge in [-0.15, -0.1) is 0 Å². The normalized spacial score (nSPS) is 18.8. The maximum atomic E-state index is 12.5. The minimum atomic E-state index is -0.833. The summed E-state index contributed by atoms with van der Waals surface area (Å²) in [5.41, 5.74) is 2.57. The molecule has 3 atom stereocenters. The topological polar surface area (TPSA) is 95.5 Å². The minimum Gasteiger partial charge on any atom is -0.481 e. The molecule has 6 heteroatoms. The summed E-state index contributed by atoms with van der Waals surface area (Å²) >= 11 is 0. The smallest absolute Gasteiger partial charge is 0.306 e. The van der Waals surface area contributed by atoms with Gasteiger partial charge in [-0.2, -0.15) is 0 Å². The Labute approximate surface area is 164 Å². The third kappa shape index (κ3) is 4.97. The Morgan fingerprint density at radius 2 is 1.75 bits per heavy atom. The van der Waals surface area contributed by atoms with E-state index in [1.54, 1.807) is 43.3 Å². The highest BCUT2D eigenvalue weighted by Crippen LogP contribution is 2.38.